The van der Waals surface area contributed by atoms with E-state index in [0.29, 0.717) is 24.3 Å². The molecule has 0 radical (unpaired) electrons. The second-order valence-electron chi connectivity index (χ2n) is 8.61. The Kier molecular flexibility index (Phi) is 7.11. The summed E-state index contributed by atoms with van der Waals surface area (Å²) in [5.74, 6) is 0.802. The number of likely N-dealkylation sites (N-methyl/N-ethyl adjacent to an activating group) is 1. The van der Waals surface area contributed by atoms with Crippen LogP contribution in [0, 0.1) is 5.41 Å². The van der Waals surface area contributed by atoms with Gasteiger partial charge < -0.3 is 15.1 Å². The van der Waals surface area contributed by atoms with Gasteiger partial charge in [-0.3, -0.25) is 9.59 Å². The molecule has 2 aliphatic rings. The average Bonchev–Trinajstić information content (AvgIpc) is 2.71. The van der Waals surface area contributed by atoms with Crippen molar-refractivity contribution in [1.82, 2.24) is 15.1 Å². The van der Waals surface area contributed by atoms with Crippen molar-refractivity contribution < 1.29 is 9.59 Å². The number of amides is 2. The number of likely N-dealkylation sites (tertiary alicyclic amines) is 2. The van der Waals surface area contributed by atoms with E-state index in [-0.39, 0.29) is 11.8 Å². The maximum atomic E-state index is 12.5. The number of hydrogen-bond donors (Lipinski definition) is 1. The van der Waals surface area contributed by atoms with Gasteiger partial charge in [0.2, 0.25) is 11.8 Å². The number of piperidine rings is 2. The monoisotopic (exact) mass is 385 g/mol. The zero-order chi connectivity index (χ0) is 20.0. The molecule has 5 heteroatoms. The summed E-state index contributed by atoms with van der Waals surface area (Å²) in [6, 6.07) is 10.9. The lowest BCUT2D eigenvalue weighted by Crippen LogP contribution is -2.52. The third-order valence-electron chi connectivity index (χ3n) is 6.55. The van der Waals surface area contributed by atoms with Crippen LogP contribution in [0.15, 0.2) is 30.3 Å². The van der Waals surface area contributed by atoms with E-state index >= 15 is 0 Å². The van der Waals surface area contributed by atoms with Crippen molar-refractivity contribution in [2.24, 2.45) is 5.41 Å². The molecule has 2 fully saturated rings. The molecule has 3 rings (SSSR count). The quantitative estimate of drug-likeness (QED) is 0.766. The van der Waals surface area contributed by atoms with Crippen LogP contribution in [-0.4, -0.2) is 60.9 Å². The summed E-state index contributed by atoms with van der Waals surface area (Å²) in [7, 11) is 0. The Morgan fingerprint density at radius 3 is 2.54 bits per heavy atom. The molecule has 2 amide bonds. The van der Waals surface area contributed by atoms with Crippen LogP contribution >= 0.6 is 0 Å². The van der Waals surface area contributed by atoms with Crippen LogP contribution in [-0.2, 0) is 9.59 Å². The summed E-state index contributed by atoms with van der Waals surface area (Å²) in [6.07, 6.45) is 4.69. The first kappa shape index (κ1) is 20.8. The van der Waals surface area contributed by atoms with Gasteiger partial charge in [0, 0.05) is 46.1 Å². The normalized spacial score (nSPS) is 22.2. The fourth-order valence-corrected chi connectivity index (χ4v) is 4.95. The minimum atomic E-state index is -0.0295. The van der Waals surface area contributed by atoms with E-state index in [2.05, 4.69) is 47.5 Å². The number of rotatable bonds is 6. The van der Waals surface area contributed by atoms with Gasteiger partial charge in [-0.25, -0.2) is 0 Å². The Hall–Kier alpha value is -1.88. The molecule has 1 atom stereocenters. The molecule has 2 heterocycles. The van der Waals surface area contributed by atoms with Crippen molar-refractivity contribution in [3.8, 4) is 0 Å². The van der Waals surface area contributed by atoms with Gasteiger partial charge in [-0.2, -0.15) is 0 Å². The summed E-state index contributed by atoms with van der Waals surface area (Å²) >= 11 is 0. The van der Waals surface area contributed by atoms with Gasteiger partial charge >= 0.3 is 0 Å². The van der Waals surface area contributed by atoms with Crippen LogP contribution in [0.3, 0.4) is 0 Å². The molecule has 1 N–H and O–H groups in total. The maximum Gasteiger partial charge on any atom is 0.222 e. The van der Waals surface area contributed by atoms with E-state index in [0.717, 1.165) is 52.0 Å². The molecule has 154 valence electrons. The third kappa shape index (κ3) is 5.34. The molecule has 2 aliphatic heterocycles. The number of carbonyl (C=O) groups is 2. The Morgan fingerprint density at radius 1 is 1.18 bits per heavy atom. The van der Waals surface area contributed by atoms with Crippen molar-refractivity contribution in [1.29, 1.82) is 0 Å². The molecule has 1 aromatic rings. The van der Waals surface area contributed by atoms with Gasteiger partial charge in [0.15, 0.2) is 0 Å². The van der Waals surface area contributed by atoms with Crippen molar-refractivity contribution in [3.05, 3.63) is 35.9 Å². The minimum Gasteiger partial charge on any atom is -0.356 e. The van der Waals surface area contributed by atoms with E-state index in [9.17, 15) is 9.59 Å². The van der Waals surface area contributed by atoms with Crippen LogP contribution in [0.4, 0.5) is 0 Å². The first-order valence-corrected chi connectivity index (χ1v) is 10.8. The van der Waals surface area contributed by atoms with Gasteiger partial charge in [0.25, 0.3) is 0 Å². The molecule has 0 saturated carbocycles. The van der Waals surface area contributed by atoms with Crippen molar-refractivity contribution in [2.45, 2.75) is 51.9 Å². The number of hydrogen-bond acceptors (Lipinski definition) is 3. The second kappa shape index (κ2) is 9.55. The zero-order valence-electron chi connectivity index (χ0n) is 17.5. The van der Waals surface area contributed by atoms with Crippen LogP contribution in [0.5, 0.6) is 0 Å². The Bertz CT molecular complexity index is 653. The smallest absolute Gasteiger partial charge is 0.222 e. The van der Waals surface area contributed by atoms with E-state index < -0.39 is 0 Å². The molecule has 2 saturated heterocycles. The van der Waals surface area contributed by atoms with Crippen molar-refractivity contribution >= 4 is 11.8 Å². The predicted molar refractivity (Wildman–Crippen MR) is 112 cm³/mol. The summed E-state index contributed by atoms with van der Waals surface area (Å²) in [5.41, 5.74) is 1.79. The molecule has 0 bridgehead atoms. The van der Waals surface area contributed by atoms with Crippen LogP contribution in [0.2, 0.25) is 0 Å². The molecule has 0 aliphatic carbocycles. The lowest BCUT2D eigenvalue weighted by atomic mass is 9.68. The molecule has 1 unspecified atom stereocenters. The molecule has 1 aromatic carbocycles. The number of carbonyl (C=O) groups excluding carboxylic acids is 2. The van der Waals surface area contributed by atoms with Gasteiger partial charge in [-0.15, -0.1) is 0 Å². The zero-order valence-corrected chi connectivity index (χ0v) is 17.5. The second-order valence-corrected chi connectivity index (χ2v) is 8.61. The van der Waals surface area contributed by atoms with Gasteiger partial charge in [0.1, 0.15) is 0 Å². The van der Waals surface area contributed by atoms with Gasteiger partial charge in [0.05, 0.1) is 0 Å². The Morgan fingerprint density at radius 2 is 1.89 bits per heavy atom. The van der Waals surface area contributed by atoms with E-state index in [1.54, 1.807) is 0 Å². The first-order chi connectivity index (χ1) is 13.5. The Labute approximate surface area is 169 Å². The van der Waals surface area contributed by atoms with Crippen LogP contribution in [0.1, 0.15) is 57.4 Å². The van der Waals surface area contributed by atoms with Gasteiger partial charge in [-0.1, -0.05) is 37.3 Å². The highest BCUT2D eigenvalue weighted by molar-refractivity contribution is 5.76. The molecule has 28 heavy (non-hydrogen) atoms. The van der Waals surface area contributed by atoms with Crippen molar-refractivity contribution in [2.75, 3.05) is 39.3 Å². The predicted octanol–water partition coefficient (Wildman–Crippen LogP) is 3.02. The van der Waals surface area contributed by atoms with E-state index in [1.165, 1.54) is 18.9 Å². The SMILES string of the molecule is CCN1CC(c2ccccc2)CC2(CCN(C(=O)CCCNC(C)=O)CC2)C1. The highest BCUT2D eigenvalue weighted by atomic mass is 16.2. The van der Waals surface area contributed by atoms with Gasteiger partial charge in [-0.05, 0) is 49.1 Å². The Balaban J connectivity index is 1.55. The average molecular weight is 386 g/mol. The largest absolute Gasteiger partial charge is 0.356 e. The number of nitrogens with one attached hydrogen (secondary N) is 1. The summed E-state index contributed by atoms with van der Waals surface area (Å²) < 4.78 is 0. The molecule has 0 aromatic heterocycles. The molecule has 1 spiro atoms. The summed E-state index contributed by atoms with van der Waals surface area (Å²) in [4.78, 5) is 28.1. The fraction of sp³-hybridized carbons (Fsp3) is 0.652. The summed E-state index contributed by atoms with van der Waals surface area (Å²) in [6.45, 7) is 9.51. The molecular formula is C23H35N3O2. The van der Waals surface area contributed by atoms with Crippen LogP contribution in [0.25, 0.3) is 0 Å². The maximum absolute atomic E-state index is 12.5. The number of nitrogens with zero attached hydrogens (tertiary/aromatic N) is 2. The molecule has 5 nitrogen and oxygen atoms in total. The topological polar surface area (TPSA) is 52.6 Å². The van der Waals surface area contributed by atoms with E-state index in [4.69, 9.17) is 0 Å². The minimum absolute atomic E-state index is 0.0295. The lowest BCUT2D eigenvalue weighted by molar-refractivity contribution is -0.134. The number of benzene rings is 1. The standard InChI is InChI=1S/C23H35N3O2/c1-3-25-17-21(20-8-5-4-6-9-20)16-23(18-25)11-14-26(15-12-23)22(28)10-7-13-24-19(2)27/h4-6,8-9,21H,3,7,10-18H2,1-2H3,(H,24,27). The first-order valence-electron chi connectivity index (χ1n) is 10.8. The highest BCUT2D eigenvalue weighted by Crippen LogP contribution is 2.45. The summed E-state index contributed by atoms with van der Waals surface area (Å²) in [5, 5.41) is 2.77. The van der Waals surface area contributed by atoms with Crippen molar-refractivity contribution in [3.63, 3.8) is 0 Å². The third-order valence-corrected chi connectivity index (χ3v) is 6.55. The lowest BCUT2D eigenvalue weighted by Gasteiger charge is -2.50. The van der Waals surface area contributed by atoms with Crippen LogP contribution < -0.4 is 5.32 Å². The highest BCUT2D eigenvalue weighted by Gasteiger charge is 2.42. The van der Waals surface area contributed by atoms with E-state index in [1.807, 2.05) is 4.90 Å². The molecular weight excluding hydrogens is 350 g/mol. The fourth-order valence-electron chi connectivity index (χ4n) is 4.95.